The molecule has 1 N–H and O–H groups in total. The van der Waals surface area contributed by atoms with Gasteiger partial charge in [-0.25, -0.2) is 0 Å². The molecule has 0 bridgehead atoms. The molecule has 0 amide bonds. The minimum Gasteiger partial charge on any atom is -0.497 e. The van der Waals surface area contributed by atoms with Crippen molar-refractivity contribution in [1.29, 1.82) is 0 Å². The molecule has 0 saturated carbocycles. The van der Waals surface area contributed by atoms with E-state index < -0.39 is 4.92 Å². The second kappa shape index (κ2) is 6.12. The molecule has 8 nitrogen and oxygen atoms in total. The lowest BCUT2D eigenvalue weighted by atomic mass is 10.2. The van der Waals surface area contributed by atoms with E-state index >= 15 is 0 Å². The van der Waals surface area contributed by atoms with Crippen molar-refractivity contribution in [1.82, 2.24) is 9.78 Å². The number of benzene rings is 1. The third kappa shape index (κ3) is 3.22. The molecule has 0 radical (unpaired) electrons. The lowest BCUT2D eigenvalue weighted by Crippen LogP contribution is -2.04. The highest BCUT2D eigenvalue weighted by atomic mass is 16.6. The molecule has 0 unspecified atom stereocenters. The lowest BCUT2D eigenvalue weighted by molar-refractivity contribution is -0.384. The number of aryl methyl sites for hydroxylation is 1. The van der Waals surface area contributed by atoms with Gasteiger partial charge in [-0.3, -0.25) is 14.8 Å². The number of hydrogen-bond donors (Lipinski definition) is 1. The van der Waals surface area contributed by atoms with E-state index in [9.17, 15) is 10.1 Å². The van der Waals surface area contributed by atoms with E-state index in [4.69, 9.17) is 9.47 Å². The molecule has 1 aromatic carbocycles. The van der Waals surface area contributed by atoms with Crippen LogP contribution in [0.5, 0.6) is 11.5 Å². The molecule has 21 heavy (non-hydrogen) atoms. The van der Waals surface area contributed by atoms with Gasteiger partial charge in [-0.15, -0.1) is 5.10 Å². The van der Waals surface area contributed by atoms with Gasteiger partial charge in [0.1, 0.15) is 17.7 Å². The first-order valence-corrected chi connectivity index (χ1v) is 6.18. The summed E-state index contributed by atoms with van der Waals surface area (Å²) in [5.74, 6) is 1.54. The second-order valence-electron chi connectivity index (χ2n) is 4.33. The molecule has 8 heteroatoms. The van der Waals surface area contributed by atoms with Crippen LogP contribution in [0.2, 0.25) is 0 Å². The smallest absolute Gasteiger partial charge is 0.330 e. The van der Waals surface area contributed by atoms with E-state index in [1.165, 1.54) is 10.9 Å². The van der Waals surface area contributed by atoms with Gasteiger partial charge in [-0.1, -0.05) is 0 Å². The van der Waals surface area contributed by atoms with Crippen LogP contribution in [0.3, 0.4) is 0 Å². The maximum Gasteiger partial charge on any atom is 0.330 e. The van der Waals surface area contributed by atoms with Gasteiger partial charge in [0.05, 0.1) is 19.1 Å². The zero-order valence-electron chi connectivity index (χ0n) is 12.0. The summed E-state index contributed by atoms with van der Waals surface area (Å²) in [6.45, 7) is 0.352. The SMILES string of the molecule is COc1ccc(CNc2nn(C)cc2[N+](=O)[O-])c(OC)c1. The molecule has 0 spiro atoms. The minimum absolute atomic E-state index is 0.0648. The van der Waals surface area contributed by atoms with Crippen molar-refractivity contribution < 1.29 is 14.4 Å². The number of ether oxygens (including phenoxy) is 2. The van der Waals surface area contributed by atoms with Crippen LogP contribution in [0.4, 0.5) is 11.5 Å². The summed E-state index contributed by atoms with van der Waals surface area (Å²) in [5, 5.41) is 17.9. The Labute approximate surface area is 121 Å². The number of rotatable bonds is 6. The van der Waals surface area contributed by atoms with Crippen molar-refractivity contribution in [2.24, 2.45) is 7.05 Å². The van der Waals surface area contributed by atoms with Crippen molar-refractivity contribution >= 4 is 11.5 Å². The second-order valence-corrected chi connectivity index (χ2v) is 4.33. The fourth-order valence-corrected chi connectivity index (χ4v) is 1.91. The molecule has 112 valence electrons. The summed E-state index contributed by atoms with van der Waals surface area (Å²) < 4.78 is 11.8. The normalized spacial score (nSPS) is 10.2. The van der Waals surface area contributed by atoms with Gasteiger partial charge in [0.15, 0.2) is 0 Å². The highest BCUT2D eigenvalue weighted by molar-refractivity contribution is 5.55. The molecule has 0 aliphatic heterocycles. The molecule has 0 fully saturated rings. The monoisotopic (exact) mass is 292 g/mol. The van der Waals surface area contributed by atoms with E-state index in [1.807, 2.05) is 6.07 Å². The summed E-state index contributed by atoms with van der Waals surface area (Å²) in [7, 11) is 4.76. The predicted octanol–water partition coefficient (Wildman–Crippen LogP) is 1.96. The molecule has 0 atom stereocenters. The maximum absolute atomic E-state index is 10.9. The maximum atomic E-state index is 10.9. The number of hydrogen-bond acceptors (Lipinski definition) is 6. The van der Waals surface area contributed by atoms with Gasteiger partial charge in [0.2, 0.25) is 5.82 Å². The average Bonchev–Trinajstić information content (AvgIpc) is 2.86. The van der Waals surface area contributed by atoms with Crippen LogP contribution in [-0.4, -0.2) is 28.9 Å². The standard InChI is InChI=1S/C13H16N4O4/c1-16-8-11(17(18)19)13(15-16)14-7-9-4-5-10(20-2)6-12(9)21-3/h4-6,8H,7H2,1-3H3,(H,14,15). The summed E-state index contributed by atoms with van der Waals surface area (Å²) in [5.41, 5.74) is 0.781. The van der Waals surface area contributed by atoms with Gasteiger partial charge in [-0.05, 0) is 12.1 Å². The molecule has 1 aromatic heterocycles. The van der Waals surface area contributed by atoms with Crippen molar-refractivity contribution in [2.45, 2.75) is 6.54 Å². The van der Waals surface area contributed by atoms with Crippen molar-refractivity contribution in [2.75, 3.05) is 19.5 Å². The Morgan fingerprint density at radius 1 is 1.38 bits per heavy atom. The Kier molecular flexibility index (Phi) is 4.27. The Balaban J connectivity index is 2.18. The summed E-state index contributed by atoms with van der Waals surface area (Å²) in [4.78, 5) is 10.5. The Morgan fingerprint density at radius 2 is 2.14 bits per heavy atom. The number of nitrogens with zero attached hydrogens (tertiary/aromatic N) is 3. The molecule has 2 rings (SSSR count). The molecule has 0 aliphatic carbocycles. The summed E-state index contributed by atoms with van der Waals surface area (Å²) in [6, 6.07) is 5.38. The highest BCUT2D eigenvalue weighted by Gasteiger charge is 2.18. The van der Waals surface area contributed by atoms with Crippen LogP contribution in [0.25, 0.3) is 0 Å². The first kappa shape index (κ1) is 14.6. The van der Waals surface area contributed by atoms with Gasteiger partial charge in [0.25, 0.3) is 0 Å². The Bertz CT molecular complexity index is 654. The quantitative estimate of drug-likeness (QED) is 0.646. The van der Waals surface area contributed by atoms with Gasteiger partial charge >= 0.3 is 5.69 Å². The first-order chi connectivity index (χ1) is 10.0. The van der Waals surface area contributed by atoms with Crippen molar-refractivity contribution in [3.63, 3.8) is 0 Å². The zero-order chi connectivity index (χ0) is 15.4. The van der Waals surface area contributed by atoms with Crippen molar-refractivity contribution in [3.8, 4) is 11.5 Å². The van der Waals surface area contributed by atoms with Crippen LogP contribution in [0.1, 0.15) is 5.56 Å². The number of anilines is 1. The predicted molar refractivity (Wildman–Crippen MR) is 76.7 cm³/mol. The Hall–Kier alpha value is -2.77. The van der Waals surface area contributed by atoms with E-state index in [0.29, 0.717) is 18.0 Å². The lowest BCUT2D eigenvalue weighted by Gasteiger charge is -2.10. The number of nitro groups is 1. The topological polar surface area (TPSA) is 91.5 Å². The number of methoxy groups -OCH3 is 2. The highest BCUT2D eigenvalue weighted by Crippen LogP contribution is 2.27. The van der Waals surface area contributed by atoms with E-state index in [-0.39, 0.29) is 11.5 Å². The molecule has 1 heterocycles. The van der Waals surface area contributed by atoms with Gasteiger partial charge in [0, 0.05) is 25.2 Å². The van der Waals surface area contributed by atoms with Crippen LogP contribution < -0.4 is 14.8 Å². The molecular formula is C13H16N4O4. The average molecular weight is 292 g/mol. The number of nitrogens with one attached hydrogen (secondary N) is 1. The third-order valence-corrected chi connectivity index (χ3v) is 2.95. The minimum atomic E-state index is -0.472. The summed E-state index contributed by atoms with van der Waals surface area (Å²) >= 11 is 0. The van der Waals surface area contributed by atoms with Crippen LogP contribution in [0.15, 0.2) is 24.4 Å². The van der Waals surface area contributed by atoms with Crippen LogP contribution in [-0.2, 0) is 13.6 Å². The fourth-order valence-electron chi connectivity index (χ4n) is 1.91. The van der Waals surface area contributed by atoms with E-state index in [0.717, 1.165) is 5.56 Å². The van der Waals surface area contributed by atoms with Crippen molar-refractivity contribution in [3.05, 3.63) is 40.1 Å². The van der Waals surface area contributed by atoms with Crippen LogP contribution in [0, 0.1) is 10.1 Å². The number of aromatic nitrogens is 2. The van der Waals surface area contributed by atoms with Crippen LogP contribution >= 0.6 is 0 Å². The molecule has 0 aliphatic rings. The summed E-state index contributed by atoms with van der Waals surface area (Å²) in [6.07, 6.45) is 1.35. The molecular weight excluding hydrogens is 276 g/mol. The largest absolute Gasteiger partial charge is 0.497 e. The third-order valence-electron chi connectivity index (χ3n) is 2.95. The fraction of sp³-hybridized carbons (Fsp3) is 0.308. The van der Waals surface area contributed by atoms with Gasteiger partial charge < -0.3 is 14.8 Å². The Morgan fingerprint density at radius 3 is 2.76 bits per heavy atom. The first-order valence-electron chi connectivity index (χ1n) is 6.18. The van der Waals surface area contributed by atoms with Gasteiger partial charge in [-0.2, -0.15) is 0 Å². The molecule has 2 aromatic rings. The van der Waals surface area contributed by atoms with E-state index in [1.54, 1.807) is 33.4 Å². The zero-order valence-corrected chi connectivity index (χ0v) is 12.0. The molecule has 0 saturated heterocycles. The van der Waals surface area contributed by atoms with E-state index in [2.05, 4.69) is 10.4 Å².